The average Bonchev–Trinajstić information content (AvgIpc) is 2.26. The minimum atomic E-state index is 0.0911. The molecule has 3 nitrogen and oxygen atoms in total. The Morgan fingerprint density at radius 1 is 1.24 bits per heavy atom. The van der Waals surface area contributed by atoms with Gasteiger partial charge in [-0.3, -0.25) is 0 Å². The molecule has 17 heavy (non-hydrogen) atoms. The number of benzene rings is 1. The molecule has 0 radical (unpaired) electrons. The molecular formula is C14H15N3. The maximum absolute atomic E-state index is 7.04. The number of anilines is 1. The van der Waals surface area contributed by atoms with Gasteiger partial charge in [0.2, 0.25) is 5.69 Å². The van der Waals surface area contributed by atoms with Gasteiger partial charge in [0.05, 0.1) is 12.1 Å². The number of nitrogens with zero attached hydrogens (tertiary/aromatic N) is 2. The Hall–Kier alpha value is -2.08. The maximum Gasteiger partial charge on any atom is 0.228 e. The third kappa shape index (κ3) is 2.07. The average molecular weight is 225 g/mol. The molecule has 3 heteroatoms. The summed E-state index contributed by atoms with van der Waals surface area (Å²) in [5, 5.41) is 0.970. The van der Waals surface area contributed by atoms with Crippen LogP contribution in [-0.2, 0) is 5.41 Å². The molecule has 0 unspecified atom stereocenters. The second-order valence-corrected chi connectivity index (χ2v) is 5.16. The van der Waals surface area contributed by atoms with Crippen LogP contribution in [0.15, 0.2) is 24.3 Å². The summed E-state index contributed by atoms with van der Waals surface area (Å²) in [5.74, 6) is 0.302. The summed E-state index contributed by atoms with van der Waals surface area (Å²) in [7, 11) is 0. The molecule has 0 atom stereocenters. The fourth-order valence-electron chi connectivity index (χ4n) is 1.74. The highest BCUT2D eigenvalue weighted by atomic mass is 14.9. The highest BCUT2D eigenvalue weighted by Gasteiger charge is 2.14. The van der Waals surface area contributed by atoms with E-state index in [0.717, 1.165) is 10.9 Å². The number of hydrogen-bond donors (Lipinski definition) is 1. The largest absolute Gasteiger partial charge is 0.392 e. The number of rotatable bonds is 0. The third-order valence-corrected chi connectivity index (χ3v) is 2.81. The Morgan fingerprint density at radius 3 is 2.53 bits per heavy atom. The number of pyridine rings is 1. The molecule has 0 saturated carbocycles. The van der Waals surface area contributed by atoms with Crippen LogP contribution in [0.25, 0.3) is 15.7 Å². The quantitative estimate of drug-likeness (QED) is 0.695. The number of hydrogen-bond acceptors (Lipinski definition) is 2. The van der Waals surface area contributed by atoms with Crippen LogP contribution in [0.3, 0.4) is 0 Å². The van der Waals surface area contributed by atoms with Crippen LogP contribution in [-0.4, -0.2) is 4.98 Å². The SMILES string of the molecule is [C-]#[N+]c1cc2cc(C(C)(C)C)ccc2nc1N. The summed E-state index contributed by atoms with van der Waals surface area (Å²) in [5.41, 5.74) is 8.27. The maximum atomic E-state index is 7.04. The predicted molar refractivity (Wildman–Crippen MR) is 71.1 cm³/mol. The van der Waals surface area contributed by atoms with E-state index >= 15 is 0 Å². The Bertz CT molecular complexity index is 616. The van der Waals surface area contributed by atoms with Crippen molar-refractivity contribution in [3.05, 3.63) is 41.2 Å². The monoisotopic (exact) mass is 225 g/mol. The summed E-state index contributed by atoms with van der Waals surface area (Å²) in [6.45, 7) is 13.5. The molecule has 0 saturated heterocycles. The molecule has 0 spiro atoms. The van der Waals surface area contributed by atoms with Gasteiger partial charge in [0, 0.05) is 0 Å². The smallest absolute Gasteiger partial charge is 0.228 e. The van der Waals surface area contributed by atoms with Crippen molar-refractivity contribution in [1.29, 1.82) is 0 Å². The van der Waals surface area contributed by atoms with E-state index in [4.69, 9.17) is 12.3 Å². The molecule has 0 amide bonds. The van der Waals surface area contributed by atoms with E-state index in [1.165, 1.54) is 5.56 Å². The Morgan fingerprint density at radius 2 is 1.94 bits per heavy atom. The van der Waals surface area contributed by atoms with E-state index in [-0.39, 0.29) is 5.41 Å². The minimum Gasteiger partial charge on any atom is -0.392 e. The first kappa shape index (κ1) is 11.4. The highest BCUT2D eigenvalue weighted by molar-refractivity contribution is 5.87. The van der Waals surface area contributed by atoms with Crippen molar-refractivity contribution in [2.24, 2.45) is 0 Å². The van der Waals surface area contributed by atoms with Crippen molar-refractivity contribution in [2.45, 2.75) is 26.2 Å². The third-order valence-electron chi connectivity index (χ3n) is 2.81. The Labute approximate surface area is 101 Å². The zero-order valence-electron chi connectivity index (χ0n) is 10.3. The first-order valence-corrected chi connectivity index (χ1v) is 5.50. The predicted octanol–water partition coefficient (Wildman–Crippen LogP) is 3.67. The van der Waals surface area contributed by atoms with E-state index in [9.17, 15) is 0 Å². The van der Waals surface area contributed by atoms with Gasteiger partial charge >= 0.3 is 0 Å². The van der Waals surface area contributed by atoms with Gasteiger partial charge in [-0.2, -0.15) is 0 Å². The van der Waals surface area contributed by atoms with E-state index in [1.54, 1.807) is 6.07 Å². The normalized spacial score (nSPS) is 11.4. The minimum absolute atomic E-state index is 0.0911. The molecule has 0 aliphatic carbocycles. The van der Waals surface area contributed by atoms with E-state index < -0.39 is 0 Å². The van der Waals surface area contributed by atoms with Gasteiger partial charge in [-0.1, -0.05) is 32.9 Å². The summed E-state index contributed by atoms with van der Waals surface area (Å²) in [6, 6.07) is 7.91. The molecule has 86 valence electrons. The molecule has 1 heterocycles. The first-order valence-electron chi connectivity index (χ1n) is 5.50. The molecule has 2 rings (SSSR count). The molecular weight excluding hydrogens is 210 g/mol. The summed E-state index contributed by atoms with van der Waals surface area (Å²) in [4.78, 5) is 7.61. The number of aromatic nitrogens is 1. The van der Waals surface area contributed by atoms with Crippen LogP contribution < -0.4 is 5.73 Å². The van der Waals surface area contributed by atoms with Crippen LogP contribution in [0.2, 0.25) is 0 Å². The Balaban J connectivity index is 2.70. The van der Waals surface area contributed by atoms with Crippen molar-refractivity contribution in [3.63, 3.8) is 0 Å². The molecule has 2 N–H and O–H groups in total. The van der Waals surface area contributed by atoms with Crippen molar-refractivity contribution in [2.75, 3.05) is 5.73 Å². The first-order chi connectivity index (χ1) is 7.91. The summed E-state index contributed by atoms with van der Waals surface area (Å²) < 4.78 is 0. The molecule has 0 aliphatic rings. The lowest BCUT2D eigenvalue weighted by atomic mass is 9.86. The highest BCUT2D eigenvalue weighted by Crippen LogP contribution is 2.29. The second-order valence-electron chi connectivity index (χ2n) is 5.16. The topological polar surface area (TPSA) is 43.3 Å². The van der Waals surface area contributed by atoms with Crippen molar-refractivity contribution in [1.82, 2.24) is 4.98 Å². The van der Waals surface area contributed by atoms with Gasteiger partial charge in [-0.25, -0.2) is 9.83 Å². The second kappa shape index (κ2) is 3.74. The van der Waals surface area contributed by atoms with Crippen LogP contribution in [0.4, 0.5) is 11.5 Å². The number of nitrogens with two attached hydrogens (primary N) is 1. The van der Waals surface area contributed by atoms with Gasteiger partial charge in [-0.15, -0.1) is 0 Å². The zero-order valence-corrected chi connectivity index (χ0v) is 10.3. The molecule has 0 fully saturated rings. The van der Waals surface area contributed by atoms with E-state index in [1.807, 2.05) is 6.07 Å². The van der Waals surface area contributed by atoms with Gasteiger partial charge in [-0.05, 0) is 28.5 Å². The van der Waals surface area contributed by atoms with Gasteiger partial charge in [0.1, 0.15) is 5.82 Å². The lowest BCUT2D eigenvalue weighted by molar-refractivity contribution is 0.591. The number of nitrogen functional groups attached to an aromatic ring is 1. The van der Waals surface area contributed by atoms with Gasteiger partial charge in [0.15, 0.2) is 0 Å². The lowest BCUT2D eigenvalue weighted by Gasteiger charge is -2.19. The van der Waals surface area contributed by atoms with E-state index in [0.29, 0.717) is 11.5 Å². The lowest BCUT2D eigenvalue weighted by Crippen LogP contribution is -2.10. The van der Waals surface area contributed by atoms with Crippen LogP contribution in [0, 0.1) is 6.57 Å². The van der Waals surface area contributed by atoms with Crippen LogP contribution in [0.1, 0.15) is 26.3 Å². The van der Waals surface area contributed by atoms with Crippen LogP contribution >= 0.6 is 0 Å². The molecule has 1 aromatic carbocycles. The standard InChI is InChI=1S/C14H15N3/c1-14(2,3)10-5-6-11-9(7-10)8-12(16-4)13(15)17-11/h5-8H,1-3H3,(H2,15,17). The van der Waals surface area contributed by atoms with Crippen LogP contribution in [0.5, 0.6) is 0 Å². The van der Waals surface area contributed by atoms with E-state index in [2.05, 4.69) is 42.7 Å². The summed E-state index contributed by atoms with van der Waals surface area (Å²) in [6.07, 6.45) is 0. The zero-order chi connectivity index (χ0) is 12.6. The van der Waals surface area contributed by atoms with Crippen molar-refractivity contribution >= 4 is 22.4 Å². The van der Waals surface area contributed by atoms with Gasteiger partial charge in [0.25, 0.3) is 0 Å². The molecule has 1 aromatic heterocycles. The fraction of sp³-hybridized carbons (Fsp3) is 0.286. The number of fused-ring (bicyclic) bond motifs is 1. The molecule has 0 aliphatic heterocycles. The summed E-state index contributed by atoms with van der Waals surface area (Å²) >= 11 is 0. The van der Waals surface area contributed by atoms with Crippen molar-refractivity contribution in [3.8, 4) is 0 Å². The fourth-order valence-corrected chi connectivity index (χ4v) is 1.74. The van der Waals surface area contributed by atoms with Crippen molar-refractivity contribution < 1.29 is 0 Å². The molecule has 2 aromatic rings. The Kier molecular flexibility index (Phi) is 2.51. The van der Waals surface area contributed by atoms with Gasteiger partial charge < -0.3 is 5.73 Å². The molecule has 0 bridgehead atoms.